The van der Waals surface area contributed by atoms with Crippen LogP contribution >= 0.6 is 0 Å². The Bertz CT molecular complexity index is 916. The average molecular weight is 490 g/mol. The predicted molar refractivity (Wildman–Crippen MR) is 128 cm³/mol. The van der Waals surface area contributed by atoms with Gasteiger partial charge >= 0.3 is 12.2 Å². The molecule has 8 heteroatoms. The molecular formula is C26H36ClN3O4. The molecule has 0 heterocycles. The molecule has 0 spiro atoms. The maximum Gasteiger partial charge on any atom is 0.407 e. The molecule has 0 aliphatic heterocycles. The van der Waals surface area contributed by atoms with Gasteiger partial charge in [-0.05, 0) is 62.3 Å². The second-order valence-electron chi connectivity index (χ2n) is 9.38. The number of quaternary nitrogens is 1. The minimum absolute atomic E-state index is 0. The molecule has 0 fully saturated rings. The molecule has 2 amide bonds. The number of carbonyl (C=O) groups is 2. The van der Waals surface area contributed by atoms with Crippen LogP contribution in [0.25, 0.3) is 11.1 Å². The molecule has 2 aromatic carbocycles. The number of nitrogens with one attached hydrogen (secondary N) is 2. The van der Waals surface area contributed by atoms with Crippen molar-refractivity contribution in [3.63, 3.8) is 0 Å². The summed E-state index contributed by atoms with van der Waals surface area (Å²) in [5.74, 6) is 0.0419. The van der Waals surface area contributed by atoms with Crippen molar-refractivity contribution >= 4 is 12.2 Å². The summed E-state index contributed by atoms with van der Waals surface area (Å²) >= 11 is 0. The third-order valence-corrected chi connectivity index (χ3v) is 5.66. The molecule has 0 bridgehead atoms. The van der Waals surface area contributed by atoms with E-state index in [0.717, 1.165) is 19.3 Å². The van der Waals surface area contributed by atoms with Crippen molar-refractivity contribution < 1.29 is 37.2 Å². The highest BCUT2D eigenvalue weighted by Crippen LogP contribution is 2.44. The summed E-state index contributed by atoms with van der Waals surface area (Å²) < 4.78 is 10.8. The maximum atomic E-state index is 12.5. The lowest BCUT2D eigenvalue weighted by Crippen LogP contribution is -3.00. The Morgan fingerprint density at radius 3 is 2.12 bits per heavy atom. The molecule has 186 valence electrons. The van der Waals surface area contributed by atoms with Gasteiger partial charge in [0.2, 0.25) is 0 Å². The minimum Gasteiger partial charge on any atom is -1.00 e. The Kier molecular flexibility index (Phi) is 10.2. The fourth-order valence-corrected chi connectivity index (χ4v) is 4.12. The largest absolute Gasteiger partial charge is 1.00 e. The van der Waals surface area contributed by atoms with Gasteiger partial charge in [0.1, 0.15) is 12.2 Å². The Morgan fingerprint density at radius 1 is 0.971 bits per heavy atom. The monoisotopic (exact) mass is 489 g/mol. The summed E-state index contributed by atoms with van der Waals surface area (Å²) in [6.07, 6.45) is 1.58. The van der Waals surface area contributed by atoms with Crippen LogP contribution in [0.4, 0.5) is 9.59 Å². The van der Waals surface area contributed by atoms with Crippen molar-refractivity contribution in [3.05, 3.63) is 59.7 Å². The molecule has 2 aromatic rings. The van der Waals surface area contributed by atoms with Crippen molar-refractivity contribution in [2.24, 2.45) is 0 Å². The molecule has 1 atom stereocenters. The Morgan fingerprint density at radius 2 is 1.56 bits per heavy atom. The van der Waals surface area contributed by atoms with Crippen LogP contribution in [-0.2, 0) is 9.47 Å². The highest BCUT2D eigenvalue weighted by atomic mass is 35.5. The van der Waals surface area contributed by atoms with Crippen molar-refractivity contribution in [2.75, 3.05) is 19.7 Å². The number of amides is 2. The third-order valence-electron chi connectivity index (χ3n) is 5.66. The molecule has 7 nitrogen and oxygen atoms in total. The standard InChI is InChI=1S/C26H35N3O4.ClH/c1-26(2,3)33-24(30)28-15-9-8-10-18(16-27)29-25(31)32-17-23-21-13-6-4-11-19(21)20-12-5-7-14-22(20)23;/h4-7,11-14,18,23H,8-10,15-17,27H2,1-3H3,(H,28,30)(H,29,31);1H/t18-;/m0./s1. The number of carbonyl (C=O) groups excluding carboxylic acids is 2. The van der Waals surface area contributed by atoms with E-state index in [1.807, 2.05) is 45.0 Å². The number of fused-ring (bicyclic) bond motifs is 3. The highest BCUT2D eigenvalue weighted by molar-refractivity contribution is 5.79. The highest BCUT2D eigenvalue weighted by Gasteiger charge is 2.29. The number of hydrogen-bond donors (Lipinski definition) is 3. The van der Waals surface area contributed by atoms with E-state index in [2.05, 4.69) is 40.6 Å². The summed E-state index contributed by atoms with van der Waals surface area (Å²) in [5.41, 5.74) is 8.24. The molecule has 0 saturated heterocycles. The molecule has 0 unspecified atom stereocenters. The van der Waals surface area contributed by atoms with Gasteiger partial charge in [0.25, 0.3) is 0 Å². The molecule has 1 aliphatic carbocycles. The lowest BCUT2D eigenvalue weighted by Gasteiger charge is -2.20. The van der Waals surface area contributed by atoms with Crippen molar-refractivity contribution in [1.29, 1.82) is 0 Å². The van der Waals surface area contributed by atoms with E-state index < -0.39 is 17.8 Å². The van der Waals surface area contributed by atoms with Gasteiger partial charge in [-0.2, -0.15) is 0 Å². The summed E-state index contributed by atoms with van der Waals surface area (Å²) in [5, 5.41) is 5.68. The normalized spacial score (nSPS) is 13.2. The zero-order valence-electron chi connectivity index (χ0n) is 20.2. The first-order valence-electron chi connectivity index (χ1n) is 11.7. The Labute approximate surface area is 208 Å². The van der Waals surface area contributed by atoms with Gasteiger partial charge in [-0.3, -0.25) is 0 Å². The number of unbranched alkanes of at least 4 members (excludes halogenated alkanes) is 1. The number of ether oxygens (including phenoxy) is 2. The molecule has 3 rings (SSSR count). The zero-order chi connectivity index (χ0) is 23.8. The molecule has 0 radical (unpaired) electrons. The van der Waals surface area contributed by atoms with Crippen molar-refractivity contribution in [1.82, 2.24) is 10.6 Å². The Balaban J connectivity index is 0.00000408. The van der Waals surface area contributed by atoms with Crippen LogP contribution in [0.5, 0.6) is 0 Å². The number of rotatable bonds is 9. The second kappa shape index (κ2) is 12.6. The average Bonchev–Trinajstić information content (AvgIpc) is 3.09. The summed E-state index contributed by atoms with van der Waals surface area (Å²) in [4.78, 5) is 24.1. The number of alkyl carbamates (subject to hydrolysis) is 2. The lowest BCUT2D eigenvalue weighted by molar-refractivity contribution is -0.373. The summed E-state index contributed by atoms with van der Waals surface area (Å²) in [6, 6.07) is 16.5. The van der Waals surface area contributed by atoms with Gasteiger partial charge in [-0.1, -0.05) is 48.5 Å². The molecule has 0 saturated carbocycles. The van der Waals surface area contributed by atoms with Gasteiger partial charge in [0.05, 0.1) is 12.6 Å². The van der Waals surface area contributed by atoms with Gasteiger partial charge < -0.3 is 38.2 Å². The van der Waals surface area contributed by atoms with Crippen LogP contribution in [-0.4, -0.2) is 43.5 Å². The van der Waals surface area contributed by atoms with Gasteiger partial charge in [-0.15, -0.1) is 0 Å². The quantitative estimate of drug-likeness (QED) is 0.454. The lowest BCUT2D eigenvalue weighted by atomic mass is 9.98. The van der Waals surface area contributed by atoms with E-state index in [1.54, 1.807) is 0 Å². The summed E-state index contributed by atoms with van der Waals surface area (Å²) in [7, 11) is 0. The topological polar surface area (TPSA) is 104 Å². The molecule has 34 heavy (non-hydrogen) atoms. The number of benzene rings is 2. The fourth-order valence-electron chi connectivity index (χ4n) is 4.12. The van der Waals surface area contributed by atoms with E-state index in [-0.39, 0.29) is 24.4 Å². The Hall–Kier alpha value is -2.77. The van der Waals surface area contributed by atoms with E-state index in [0.29, 0.717) is 19.7 Å². The van der Waals surface area contributed by atoms with E-state index in [4.69, 9.17) is 9.47 Å². The number of halogens is 1. The van der Waals surface area contributed by atoms with Crippen LogP contribution in [0.15, 0.2) is 48.5 Å². The first-order valence-corrected chi connectivity index (χ1v) is 11.7. The van der Waals surface area contributed by atoms with E-state index >= 15 is 0 Å². The summed E-state index contributed by atoms with van der Waals surface area (Å²) in [6.45, 7) is 6.90. The smallest absolute Gasteiger partial charge is 0.407 e. The molecule has 5 N–H and O–H groups in total. The van der Waals surface area contributed by atoms with Crippen molar-refractivity contribution in [3.8, 4) is 11.1 Å². The molecular weight excluding hydrogens is 454 g/mol. The first-order chi connectivity index (χ1) is 15.8. The molecule has 1 aliphatic rings. The maximum absolute atomic E-state index is 12.5. The van der Waals surface area contributed by atoms with Crippen LogP contribution in [0, 0.1) is 0 Å². The van der Waals surface area contributed by atoms with Crippen LogP contribution in [0.2, 0.25) is 0 Å². The van der Waals surface area contributed by atoms with Crippen LogP contribution < -0.4 is 28.8 Å². The van der Waals surface area contributed by atoms with Crippen LogP contribution in [0.3, 0.4) is 0 Å². The minimum atomic E-state index is -0.504. The zero-order valence-corrected chi connectivity index (χ0v) is 21.0. The first kappa shape index (κ1) is 27.5. The van der Waals surface area contributed by atoms with E-state index in [9.17, 15) is 9.59 Å². The van der Waals surface area contributed by atoms with Gasteiger partial charge in [-0.25, -0.2) is 9.59 Å². The van der Waals surface area contributed by atoms with Gasteiger partial charge in [0, 0.05) is 12.5 Å². The molecule has 0 aromatic heterocycles. The SMILES string of the molecule is CC(C)(C)OC(=O)NCCCC[C@@H](C[NH3+])NC(=O)OCC1c2ccccc2-c2ccccc21.[Cl-]. The van der Waals surface area contributed by atoms with Crippen LogP contribution in [0.1, 0.15) is 57.1 Å². The predicted octanol–water partition coefficient (Wildman–Crippen LogP) is 0.835. The fraction of sp³-hybridized carbons (Fsp3) is 0.462. The van der Waals surface area contributed by atoms with Crippen molar-refractivity contribution in [2.45, 2.75) is 57.6 Å². The van der Waals surface area contributed by atoms with E-state index in [1.165, 1.54) is 22.3 Å². The second-order valence-corrected chi connectivity index (χ2v) is 9.38. The number of hydrogen-bond acceptors (Lipinski definition) is 4. The van der Waals surface area contributed by atoms with Gasteiger partial charge in [0.15, 0.2) is 0 Å². The third kappa shape index (κ3) is 7.64.